The highest BCUT2D eigenvalue weighted by atomic mass is 16.3. The number of aliphatic hydroxyl groups is 1. The topological polar surface area (TPSA) is 169 Å². The maximum absolute atomic E-state index is 13.8. The van der Waals surface area contributed by atoms with Crippen LogP contribution in [-0.2, 0) is 6.61 Å². The van der Waals surface area contributed by atoms with Crippen LogP contribution in [0.25, 0.3) is 33.0 Å². The van der Waals surface area contributed by atoms with Crippen LogP contribution in [0.4, 0.5) is 0 Å². The Morgan fingerprint density at radius 3 is 1.74 bits per heavy atom. The van der Waals surface area contributed by atoms with E-state index in [-0.39, 0.29) is 60.8 Å². The van der Waals surface area contributed by atoms with Crippen LogP contribution in [0.1, 0.15) is 67.3 Å². The van der Waals surface area contributed by atoms with Crippen molar-refractivity contribution in [3.05, 3.63) is 74.8 Å². The maximum atomic E-state index is 13.8. The van der Waals surface area contributed by atoms with Crippen molar-refractivity contribution in [1.29, 1.82) is 0 Å². The van der Waals surface area contributed by atoms with E-state index in [9.17, 15) is 44.7 Å². The van der Waals surface area contributed by atoms with Gasteiger partial charge in [0, 0.05) is 66.9 Å². The minimum absolute atomic E-state index is 0.00305. The molecule has 2 aromatic rings. The Morgan fingerprint density at radius 2 is 1.21 bits per heavy atom. The Labute approximate surface area is 216 Å². The van der Waals surface area contributed by atoms with E-state index in [2.05, 4.69) is 0 Å². The Bertz CT molecular complexity index is 1840. The molecule has 0 radical (unpaired) electrons. The highest BCUT2D eigenvalue weighted by Crippen LogP contribution is 2.53. The first kappa shape index (κ1) is 26.8. The minimum atomic E-state index is -0.945. The molecule has 0 amide bonds. The predicted octanol–water partition coefficient (Wildman–Crippen LogP) is 3.11. The monoisotopic (exact) mass is 520 g/mol. The molecule has 5 N–H and O–H groups in total. The summed E-state index contributed by atoms with van der Waals surface area (Å²) in [6.07, 6.45) is 0. The van der Waals surface area contributed by atoms with Crippen LogP contribution in [0.15, 0.2) is 25.2 Å². The van der Waals surface area contributed by atoms with Gasteiger partial charge >= 0.3 is 0 Å². The number of fused-ring (bicyclic) bond motifs is 2. The van der Waals surface area contributed by atoms with Gasteiger partial charge < -0.3 is 25.5 Å². The Hall–Kier alpha value is -4.24. The second-order valence-corrected chi connectivity index (χ2v) is 10.2. The van der Waals surface area contributed by atoms with Gasteiger partial charge in [-0.2, -0.15) is 0 Å². The van der Waals surface area contributed by atoms with Gasteiger partial charge in [-0.3, -0.25) is 19.2 Å². The van der Waals surface area contributed by atoms with E-state index >= 15 is 0 Å². The zero-order valence-corrected chi connectivity index (χ0v) is 21.8. The van der Waals surface area contributed by atoms with Crippen LogP contribution in [0.5, 0.6) is 23.0 Å². The second kappa shape index (κ2) is 8.95. The summed E-state index contributed by atoms with van der Waals surface area (Å²) in [5, 5.41) is 53.9. The Balaban J connectivity index is 2.34. The van der Waals surface area contributed by atoms with E-state index in [1.807, 2.05) is 0 Å². The zero-order valence-electron chi connectivity index (χ0n) is 21.8. The average molecular weight is 521 g/mol. The van der Waals surface area contributed by atoms with Crippen molar-refractivity contribution in [3.63, 3.8) is 0 Å². The molecular weight excluding hydrogens is 492 g/mol. The predicted molar refractivity (Wildman–Crippen MR) is 144 cm³/mol. The number of aromatic hydroxyl groups is 4. The van der Waals surface area contributed by atoms with Crippen molar-refractivity contribution in [3.8, 4) is 45.3 Å². The molecule has 2 aliphatic carbocycles. The van der Waals surface area contributed by atoms with Crippen molar-refractivity contribution in [2.75, 3.05) is 0 Å². The molecular formula is C29H28O9. The molecule has 0 spiro atoms. The first-order chi connectivity index (χ1) is 17.7. The van der Waals surface area contributed by atoms with Crippen LogP contribution in [0.3, 0.4) is 0 Å². The van der Waals surface area contributed by atoms with Gasteiger partial charge in [0.15, 0.2) is 22.4 Å². The van der Waals surface area contributed by atoms with Crippen molar-refractivity contribution in [2.24, 2.45) is 0 Å². The van der Waals surface area contributed by atoms with Gasteiger partial charge in [-0.05, 0) is 25.7 Å². The molecule has 0 heterocycles. The molecule has 9 heteroatoms. The molecule has 9 nitrogen and oxygen atoms in total. The van der Waals surface area contributed by atoms with Gasteiger partial charge in [-0.1, -0.05) is 27.7 Å². The molecule has 2 aliphatic rings. The highest BCUT2D eigenvalue weighted by molar-refractivity contribution is 6.07. The van der Waals surface area contributed by atoms with Gasteiger partial charge in [0.25, 0.3) is 0 Å². The number of rotatable bonds is 4. The lowest BCUT2D eigenvalue weighted by Crippen LogP contribution is -2.35. The summed E-state index contributed by atoms with van der Waals surface area (Å²) in [6, 6.07) is 0.823. The van der Waals surface area contributed by atoms with Gasteiger partial charge in [0.1, 0.15) is 11.5 Å². The zero-order chi connectivity index (χ0) is 28.5. The summed E-state index contributed by atoms with van der Waals surface area (Å²) in [5.74, 6) is -3.27. The first-order valence-electron chi connectivity index (χ1n) is 12.1. The molecule has 0 bridgehead atoms. The number of aliphatic hydroxyl groups excluding tert-OH is 1. The summed E-state index contributed by atoms with van der Waals surface area (Å²) in [5.41, 5.74) is -4.57. The van der Waals surface area contributed by atoms with Crippen molar-refractivity contribution in [1.82, 2.24) is 0 Å². The number of hydrogen-bond acceptors (Lipinski definition) is 9. The molecule has 198 valence electrons. The van der Waals surface area contributed by atoms with Crippen LogP contribution in [0.2, 0.25) is 0 Å². The van der Waals surface area contributed by atoms with Crippen LogP contribution < -0.4 is 21.7 Å². The van der Waals surface area contributed by atoms with E-state index in [1.54, 1.807) is 27.7 Å². The lowest BCUT2D eigenvalue weighted by molar-refractivity contribution is 0.274. The first-order valence-corrected chi connectivity index (χ1v) is 12.1. The number of benzene rings is 4. The van der Waals surface area contributed by atoms with E-state index in [1.165, 1.54) is 13.8 Å². The van der Waals surface area contributed by atoms with E-state index in [4.69, 9.17) is 0 Å². The van der Waals surface area contributed by atoms with E-state index in [0.717, 1.165) is 6.07 Å². The normalized spacial score (nSPS) is 11.9. The van der Waals surface area contributed by atoms with Gasteiger partial charge in [0.2, 0.25) is 10.9 Å². The minimum Gasteiger partial charge on any atom is -0.507 e. The van der Waals surface area contributed by atoms with Crippen LogP contribution in [-0.4, -0.2) is 25.5 Å². The van der Waals surface area contributed by atoms with Gasteiger partial charge in [-0.15, -0.1) is 0 Å². The third-order valence-electron chi connectivity index (χ3n) is 7.29. The Morgan fingerprint density at radius 1 is 0.632 bits per heavy atom. The smallest absolute Gasteiger partial charge is 0.229 e. The lowest BCUT2D eigenvalue weighted by Gasteiger charge is -2.23. The second-order valence-electron chi connectivity index (χ2n) is 10.2. The Kier molecular flexibility index (Phi) is 6.32. The van der Waals surface area contributed by atoms with Gasteiger partial charge in [-0.25, -0.2) is 0 Å². The fourth-order valence-electron chi connectivity index (χ4n) is 5.47. The van der Waals surface area contributed by atoms with E-state index < -0.39 is 63.2 Å². The summed E-state index contributed by atoms with van der Waals surface area (Å²) in [7, 11) is 0. The molecule has 0 atom stereocenters. The van der Waals surface area contributed by atoms with Crippen LogP contribution >= 0.6 is 0 Å². The fraction of sp³-hybridized carbons (Fsp3) is 0.310. The van der Waals surface area contributed by atoms with Gasteiger partial charge in [0.05, 0.1) is 6.61 Å². The maximum Gasteiger partial charge on any atom is 0.229 e. The van der Waals surface area contributed by atoms with Crippen LogP contribution in [0, 0.1) is 13.8 Å². The summed E-state index contributed by atoms with van der Waals surface area (Å²) >= 11 is 0. The number of hydrogen-bond donors (Lipinski definition) is 5. The number of phenols is 4. The quantitative estimate of drug-likeness (QED) is 0.154. The molecule has 0 unspecified atom stereocenters. The molecule has 0 saturated heterocycles. The molecule has 38 heavy (non-hydrogen) atoms. The molecule has 2 aromatic carbocycles. The fourth-order valence-corrected chi connectivity index (χ4v) is 5.47. The summed E-state index contributed by atoms with van der Waals surface area (Å²) < 4.78 is 0. The third kappa shape index (κ3) is 3.42. The molecule has 4 rings (SSSR count). The lowest BCUT2D eigenvalue weighted by atomic mass is 9.82. The van der Waals surface area contributed by atoms with Crippen molar-refractivity contribution in [2.45, 2.75) is 60.0 Å². The van der Waals surface area contributed by atoms with Crippen molar-refractivity contribution < 1.29 is 25.5 Å². The average Bonchev–Trinajstić information content (AvgIpc) is 2.84. The molecule has 0 fully saturated rings. The summed E-state index contributed by atoms with van der Waals surface area (Å²) in [4.78, 5) is 52.4. The SMILES string of the molecule is Cc1c(-c2c(C)c(=O)c3c(C(C)C)c(=O)c(=O)cc-3c2=O)c(O)c2c(CO)c(O)c(O)c(C(C)C)c2c1O. The highest BCUT2D eigenvalue weighted by Gasteiger charge is 2.32. The standard InChI is InChI=1S/C29H28O9/c1-9(2)16-20-13(7-15(31)27(16)36)25(34)18(11(5)23(20)32)19-12(6)24(33)22-17(10(3)4)29(38)26(35)14(8-30)21(22)28(19)37/h7,9-10,30,33,35,37-38H,8H2,1-6H3. The molecule has 0 aliphatic heterocycles. The van der Waals surface area contributed by atoms with E-state index in [0.29, 0.717) is 0 Å². The largest absolute Gasteiger partial charge is 0.507 e. The van der Waals surface area contributed by atoms with Crippen molar-refractivity contribution >= 4 is 10.8 Å². The number of phenolic OH excluding ortho intramolecular Hbond substituents is 3. The molecule has 0 saturated carbocycles. The summed E-state index contributed by atoms with van der Waals surface area (Å²) in [6.45, 7) is 8.56. The molecule has 0 aromatic heterocycles. The third-order valence-corrected chi connectivity index (χ3v) is 7.29.